The maximum Gasteiger partial charge on any atom is 0.262 e. The summed E-state index contributed by atoms with van der Waals surface area (Å²) < 4.78 is 1.86. The quantitative estimate of drug-likeness (QED) is 0.699. The number of benzene rings is 1. The molecule has 3 aromatic rings. The molecule has 0 fully saturated rings. The van der Waals surface area contributed by atoms with Crippen LogP contribution in [0.3, 0.4) is 0 Å². The first kappa shape index (κ1) is 16.6. The van der Waals surface area contributed by atoms with Crippen molar-refractivity contribution >= 4 is 40.4 Å². The monoisotopic (exact) mass is 359 g/mol. The van der Waals surface area contributed by atoms with Crippen LogP contribution in [0.4, 0.5) is 0 Å². The number of H-pyrrole nitrogens is 1. The van der Waals surface area contributed by atoms with E-state index < -0.39 is 0 Å². The Hall–Kier alpha value is -2.25. The van der Waals surface area contributed by atoms with E-state index in [0.29, 0.717) is 27.8 Å². The third-order valence-electron chi connectivity index (χ3n) is 3.88. The zero-order chi connectivity index (χ0) is 17.3. The van der Waals surface area contributed by atoms with Crippen LogP contribution in [-0.2, 0) is 6.54 Å². The molecule has 0 aliphatic heterocycles. The molecule has 2 heterocycles. The summed E-state index contributed by atoms with van der Waals surface area (Å²) in [6, 6.07) is 8.87. The summed E-state index contributed by atoms with van der Waals surface area (Å²) in [6.45, 7) is 4.31. The fourth-order valence-electron chi connectivity index (χ4n) is 2.57. The van der Waals surface area contributed by atoms with Crippen LogP contribution in [0.25, 0.3) is 10.9 Å². The highest BCUT2D eigenvalue weighted by Gasteiger charge is 2.13. The number of carbonyl (C=O) groups excluding carboxylic acids is 1. The molecule has 124 valence electrons. The second-order valence-corrected chi connectivity index (χ2v) is 6.82. The predicted molar refractivity (Wildman–Crippen MR) is 99.3 cm³/mol. The number of aromatic amines is 1. The number of amides is 1. The van der Waals surface area contributed by atoms with Crippen molar-refractivity contribution in [1.29, 1.82) is 0 Å². The number of nitrogens with zero attached hydrogens (tertiary/aromatic N) is 1. The van der Waals surface area contributed by atoms with Crippen molar-refractivity contribution < 1.29 is 4.79 Å². The van der Waals surface area contributed by atoms with Crippen LogP contribution < -0.4 is 10.9 Å². The molecule has 0 saturated heterocycles. The summed E-state index contributed by atoms with van der Waals surface area (Å²) in [5.41, 5.74) is 0.923. The lowest BCUT2D eigenvalue weighted by atomic mass is 10.1. The van der Waals surface area contributed by atoms with Gasteiger partial charge >= 0.3 is 0 Å². The van der Waals surface area contributed by atoms with Gasteiger partial charge in [-0.05, 0) is 55.7 Å². The van der Waals surface area contributed by atoms with Crippen LogP contribution in [0.15, 0.2) is 40.5 Å². The summed E-state index contributed by atoms with van der Waals surface area (Å²) in [7, 11) is 0. The fraction of sp³-hybridized carbons (Fsp3) is 0.235. The van der Waals surface area contributed by atoms with E-state index in [0.717, 1.165) is 4.88 Å². The molecule has 0 radical (unpaired) electrons. The van der Waals surface area contributed by atoms with E-state index in [4.69, 9.17) is 12.2 Å². The molecule has 1 aromatic carbocycles. The number of hydrogen-bond donors (Lipinski definition) is 2. The maximum absolute atomic E-state index is 12.5. The van der Waals surface area contributed by atoms with E-state index in [9.17, 15) is 9.59 Å². The Balaban J connectivity index is 1.95. The second kappa shape index (κ2) is 6.70. The average Bonchev–Trinajstić information content (AvgIpc) is 3.09. The Morgan fingerprint density at radius 2 is 2.21 bits per heavy atom. The molecule has 2 N–H and O–H groups in total. The van der Waals surface area contributed by atoms with Crippen LogP contribution in [0, 0.1) is 4.77 Å². The van der Waals surface area contributed by atoms with Gasteiger partial charge in [0.1, 0.15) is 0 Å². The first-order valence-corrected chi connectivity index (χ1v) is 8.91. The van der Waals surface area contributed by atoms with Crippen LogP contribution in [-0.4, -0.2) is 15.5 Å². The number of rotatable bonds is 4. The number of aromatic nitrogens is 2. The summed E-state index contributed by atoms with van der Waals surface area (Å²) in [5.74, 6) is -0.184. The third kappa shape index (κ3) is 3.05. The highest BCUT2D eigenvalue weighted by Crippen LogP contribution is 2.19. The third-order valence-corrected chi connectivity index (χ3v) is 5.26. The van der Waals surface area contributed by atoms with E-state index in [1.165, 1.54) is 4.57 Å². The second-order valence-electron chi connectivity index (χ2n) is 5.45. The zero-order valence-electron chi connectivity index (χ0n) is 13.3. The normalized spacial score (nSPS) is 12.2. The molecule has 3 rings (SSSR count). The Morgan fingerprint density at radius 3 is 2.88 bits per heavy atom. The summed E-state index contributed by atoms with van der Waals surface area (Å²) >= 11 is 6.81. The predicted octanol–water partition coefficient (Wildman–Crippen LogP) is 3.63. The van der Waals surface area contributed by atoms with Gasteiger partial charge in [-0.15, -0.1) is 11.3 Å². The Morgan fingerprint density at radius 1 is 1.42 bits per heavy atom. The van der Waals surface area contributed by atoms with Crippen molar-refractivity contribution in [2.45, 2.75) is 26.4 Å². The molecule has 1 atom stereocenters. The fourth-order valence-corrected chi connectivity index (χ4v) is 3.63. The molecule has 24 heavy (non-hydrogen) atoms. The average molecular weight is 359 g/mol. The van der Waals surface area contributed by atoms with Gasteiger partial charge in [-0.2, -0.15) is 0 Å². The van der Waals surface area contributed by atoms with Crippen LogP contribution in [0.1, 0.15) is 35.1 Å². The molecule has 0 bridgehead atoms. The van der Waals surface area contributed by atoms with Crippen LogP contribution in [0.5, 0.6) is 0 Å². The number of fused-ring (bicyclic) bond motifs is 1. The van der Waals surface area contributed by atoms with E-state index in [1.54, 1.807) is 29.5 Å². The van der Waals surface area contributed by atoms with Crippen molar-refractivity contribution in [1.82, 2.24) is 14.9 Å². The van der Waals surface area contributed by atoms with Crippen molar-refractivity contribution in [3.63, 3.8) is 0 Å². The lowest BCUT2D eigenvalue weighted by molar-refractivity contribution is 0.0940. The minimum Gasteiger partial charge on any atom is -0.345 e. The molecular formula is C17H17N3O2S2. The molecule has 1 unspecified atom stereocenters. The van der Waals surface area contributed by atoms with E-state index in [-0.39, 0.29) is 17.5 Å². The molecular weight excluding hydrogens is 342 g/mol. The van der Waals surface area contributed by atoms with E-state index in [1.807, 2.05) is 31.4 Å². The van der Waals surface area contributed by atoms with Crippen molar-refractivity contribution in [3.8, 4) is 0 Å². The van der Waals surface area contributed by atoms with Crippen LogP contribution >= 0.6 is 23.6 Å². The van der Waals surface area contributed by atoms with Gasteiger partial charge in [-0.3, -0.25) is 14.2 Å². The molecule has 0 spiro atoms. The minimum atomic E-state index is -0.184. The molecule has 2 aromatic heterocycles. The molecule has 1 amide bonds. The van der Waals surface area contributed by atoms with Gasteiger partial charge in [0.2, 0.25) is 0 Å². The smallest absolute Gasteiger partial charge is 0.262 e. The number of nitrogens with one attached hydrogen (secondary N) is 2. The standard InChI is InChI=1S/C17H17N3O2S2/c1-3-20-16(22)12-7-6-11(9-13(12)19-17(20)23)15(21)18-10(2)14-5-4-8-24-14/h4-10H,3H2,1-2H3,(H,18,21)(H,19,23). The SMILES string of the molecule is CCn1c(=S)[nH]c2cc(C(=O)NC(C)c3cccs3)ccc2c1=O. The molecule has 0 aliphatic rings. The lowest BCUT2D eigenvalue weighted by Crippen LogP contribution is -2.26. The molecule has 0 aliphatic carbocycles. The highest BCUT2D eigenvalue weighted by molar-refractivity contribution is 7.71. The Bertz CT molecular complexity index is 1000. The van der Waals surface area contributed by atoms with Crippen molar-refractivity contribution in [2.24, 2.45) is 0 Å². The van der Waals surface area contributed by atoms with E-state index >= 15 is 0 Å². The summed E-state index contributed by atoms with van der Waals surface area (Å²) in [6.07, 6.45) is 0. The maximum atomic E-state index is 12.5. The van der Waals surface area contributed by atoms with Crippen molar-refractivity contribution in [3.05, 3.63) is 61.3 Å². The van der Waals surface area contributed by atoms with Gasteiger partial charge in [0.05, 0.1) is 16.9 Å². The topological polar surface area (TPSA) is 66.9 Å². The molecule has 5 nitrogen and oxygen atoms in total. The van der Waals surface area contributed by atoms with Gasteiger partial charge in [-0.25, -0.2) is 0 Å². The Kier molecular flexibility index (Phi) is 4.64. The van der Waals surface area contributed by atoms with E-state index in [2.05, 4.69) is 10.3 Å². The molecule has 7 heteroatoms. The largest absolute Gasteiger partial charge is 0.345 e. The van der Waals surface area contributed by atoms with Gasteiger partial charge in [0, 0.05) is 17.0 Å². The highest BCUT2D eigenvalue weighted by atomic mass is 32.1. The van der Waals surface area contributed by atoms with Crippen molar-refractivity contribution in [2.75, 3.05) is 0 Å². The summed E-state index contributed by atoms with van der Waals surface area (Å²) in [4.78, 5) is 28.9. The Labute approximate surface area is 148 Å². The molecule has 0 saturated carbocycles. The number of carbonyl (C=O) groups is 1. The lowest BCUT2D eigenvalue weighted by Gasteiger charge is -2.13. The number of thiophene rings is 1. The van der Waals surface area contributed by atoms with Gasteiger partial charge < -0.3 is 10.3 Å². The van der Waals surface area contributed by atoms with Gasteiger partial charge in [0.25, 0.3) is 11.5 Å². The van der Waals surface area contributed by atoms with Gasteiger partial charge in [0.15, 0.2) is 4.77 Å². The first-order valence-electron chi connectivity index (χ1n) is 7.62. The number of hydrogen-bond acceptors (Lipinski definition) is 4. The van der Waals surface area contributed by atoms with Gasteiger partial charge in [-0.1, -0.05) is 6.07 Å². The zero-order valence-corrected chi connectivity index (χ0v) is 15.0. The summed E-state index contributed by atoms with van der Waals surface area (Å²) in [5, 5.41) is 5.46. The minimum absolute atomic E-state index is 0.0696. The van der Waals surface area contributed by atoms with Crippen LogP contribution in [0.2, 0.25) is 0 Å². The first-order chi connectivity index (χ1) is 11.5.